The minimum Gasteiger partial charge on any atom is -0.379 e. The molecule has 1 amide bonds. The van der Waals surface area contributed by atoms with Gasteiger partial charge in [0.2, 0.25) is 5.91 Å². The highest BCUT2D eigenvalue weighted by Crippen LogP contribution is 2.21. The number of nitrogens with zero attached hydrogens (tertiary/aromatic N) is 5. The molecule has 1 fully saturated rings. The zero-order chi connectivity index (χ0) is 17.1. The molecule has 4 rings (SSSR count). The molecule has 8 nitrogen and oxygen atoms in total. The van der Waals surface area contributed by atoms with Gasteiger partial charge in [0.1, 0.15) is 6.54 Å². The lowest BCUT2D eigenvalue weighted by Crippen LogP contribution is -2.39. The van der Waals surface area contributed by atoms with Gasteiger partial charge in [0.25, 0.3) is 0 Å². The molecule has 1 N–H and O–H groups in total. The van der Waals surface area contributed by atoms with Crippen LogP contribution in [-0.4, -0.2) is 63.4 Å². The van der Waals surface area contributed by atoms with Crippen LogP contribution in [0, 0.1) is 0 Å². The van der Waals surface area contributed by atoms with Crippen molar-refractivity contribution in [1.82, 2.24) is 30.4 Å². The molecule has 0 bridgehead atoms. The number of ether oxygens (including phenoxy) is 1. The number of fused-ring (bicyclic) bond motifs is 1. The number of nitrogens with one attached hydrogen (secondary N) is 1. The van der Waals surface area contributed by atoms with E-state index in [0.29, 0.717) is 12.4 Å². The Morgan fingerprint density at radius 3 is 2.64 bits per heavy atom. The van der Waals surface area contributed by atoms with E-state index in [1.165, 1.54) is 11.1 Å². The highest BCUT2D eigenvalue weighted by molar-refractivity contribution is 5.76. The summed E-state index contributed by atoms with van der Waals surface area (Å²) in [6.07, 6.45) is 1.77. The van der Waals surface area contributed by atoms with E-state index >= 15 is 0 Å². The molecule has 1 aromatic carbocycles. The summed E-state index contributed by atoms with van der Waals surface area (Å²) < 4.78 is 6.94. The normalized spacial score (nSPS) is 18.2. The van der Waals surface area contributed by atoms with Crippen molar-refractivity contribution < 1.29 is 9.53 Å². The summed E-state index contributed by atoms with van der Waals surface area (Å²) in [6.45, 7) is 3.96. The zero-order valence-electron chi connectivity index (χ0n) is 14.1. The summed E-state index contributed by atoms with van der Waals surface area (Å²) in [5.74, 6) is 0.667. The van der Waals surface area contributed by atoms with Crippen LogP contribution >= 0.6 is 0 Å². The first-order valence-corrected chi connectivity index (χ1v) is 8.69. The first kappa shape index (κ1) is 16.2. The maximum Gasteiger partial charge on any atom is 0.242 e. The van der Waals surface area contributed by atoms with Gasteiger partial charge < -0.3 is 10.1 Å². The van der Waals surface area contributed by atoms with Gasteiger partial charge in [0.05, 0.1) is 19.8 Å². The molecule has 1 aromatic heterocycles. The van der Waals surface area contributed by atoms with E-state index in [4.69, 9.17) is 4.74 Å². The molecule has 8 heteroatoms. The molecule has 0 saturated carbocycles. The summed E-state index contributed by atoms with van der Waals surface area (Å²) in [5.41, 5.74) is 2.64. The third kappa shape index (κ3) is 3.85. The number of aromatic nitrogens is 4. The first-order chi connectivity index (χ1) is 12.3. The molecule has 0 spiro atoms. The van der Waals surface area contributed by atoms with Crippen LogP contribution in [0.1, 0.15) is 17.0 Å². The first-order valence-electron chi connectivity index (χ1n) is 8.69. The number of morpholine rings is 1. The fourth-order valence-electron chi connectivity index (χ4n) is 3.49. The van der Waals surface area contributed by atoms with Crippen molar-refractivity contribution in [2.45, 2.75) is 32.0 Å². The Kier molecular flexibility index (Phi) is 4.71. The third-order valence-corrected chi connectivity index (χ3v) is 4.78. The molecule has 1 saturated heterocycles. The molecule has 25 heavy (non-hydrogen) atoms. The van der Waals surface area contributed by atoms with Gasteiger partial charge in [-0.05, 0) is 34.4 Å². The second kappa shape index (κ2) is 7.28. The molecular weight excluding hydrogens is 320 g/mol. The summed E-state index contributed by atoms with van der Waals surface area (Å²) in [5, 5.41) is 14.9. The molecule has 1 aliphatic carbocycles. The number of rotatable bonds is 5. The van der Waals surface area contributed by atoms with Crippen LogP contribution in [0.3, 0.4) is 0 Å². The van der Waals surface area contributed by atoms with Crippen LogP contribution < -0.4 is 5.32 Å². The highest BCUT2D eigenvalue weighted by Gasteiger charge is 2.23. The average molecular weight is 342 g/mol. The summed E-state index contributed by atoms with van der Waals surface area (Å²) in [4.78, 5) is 14.6. The van der Waals surface area contributed by atoms with Gasteiger partial charge in [-0.1, -0.05) is 24.3 Å². The second-order valence-electron chi connectivity index (χ2n) is 6.58. The van der Waals surface area contributed by atoms with Crippen molar-refractivity contribution >= 4 is 5.91 Å². The minimum atomic E-state index is -0.0478. The van der Waals surface area contributed by atoms with Gasteiger partial charge in [0, 0.05) is 19.1 Å². The van der Waals surface area contributed by atoms with E-state index in [1.54, 1.807) is 4.68 Å². The Labute approximate surface area is 146 Å². The number of hydrogen-bond acceptors (Lipinski definition) is 6. The van der Waals surface area contributed by atoms with E-state index in [2.05, 4.69) is 37.9 Å². The van der Waals surface area contributed by atoms with E-state index in [-0.39, 0.29) is 18.5 Å². The van der Waals surface area contributed by atoms with E-state index in [1.807, 2.05) is 12.1 Å². The van der Waals surface area contributed by atoms with Crippen LogP contribution in [0.2, 0.25) is 0 Å². The van der Waals surface area contributed by atoms with Crippen LogP contribution in [0.25, 0.3) is 0 Å². The predicted molar refractivity (Wildman–Crippen MR) is 89.7 cm³/mol. The van der Waals surface area contributed by atoms with Gasteiger partial charge in [-0.2, -0.15) is 0 Å². The Morgan fingerprint density at radius 2 is 1.92 bits per heavy atom. The van der Waals surface area contributed by atoms with Crippen molar-refractivity contribution in [3.05, 3.63) is 41.2 Å². The third-order valence-electron chi connectivity index (χ3n) is 4.78. The number of hydrogen-bond donors (Lipinski definition) is 1. The van der Waals surface area contributed by atoms with Crippen molar-refractivity contribution in [2.24, 2.45) is 0 Å². The molecular formula is C17H22N6O2. The van der Waals surface area contributed by atoms with E-state index in [9.17, 15) is 4.79 Å². The fourth-order valence-corrected chi connectivity index (χ4v) is 3.49. The van der Waals surface area contributed by atoms with Gasteiger partial charge in [-0.3, -0.25) is 9.69 Å². The average Bonchev–Trinajstić information content (AvgIpc) is 3.22. The molecule has 0 unspecified atom stereocenters. The molecule has 1 aliphatic heterocycles. The van der Waals surface area contributed by atoms with Crippen LogP contribution in [0.4, 0.5) is 0 Å². The molecule has 132 valence electrons. The molecule has 2 aliphatic rings. The maximum atomic E-state index is 12.4. The lowest BCUT2D eigenvalue weighted by molar-refractivity contribution is -0.122. The summed E-state index contributed by atoms with van der Waals surface area (Å²) >= 11 is 0. The van der Waals surface area contributed by atoms with E-state index in [0.717, 1.165) is 39.1 Å². The van der Waals surface area contributed by atoms with Gasteiger partial charge in [-0.15, -0.1) is 5.10 Å². The number of amides is 1. The van der Waals surface area contributed by atoms with Crippen LogP contribution in [-0.2, 0) is 35.5 Å². The van der Waals surface area contributed by atoms with Crippen molar-refractivity contribution in [2.75, 3.05) is 26.3 Å². The SMILES string of the molecule is O=C(Cn1nnnc1CN1CCOCC1)NC1Cc2ccccc2C1. The standard InChI is InChI=1S/C17H22N6O2/c24-17(18-15-9-13-3-1-2-4-14(13)10-15)12-23-16(19-20-21-23)11-22-5-7-25-8-6-22/h1-4,15H,5-12H2,(H,18,24). The monoisotopic (exact) mass is 342 g/mol. The van der Waals surface area contributed by atoms with Crippen molar-refractivity contribution in [3.63, 3.8) is 0 Å². The number of tetrazole rings is 1. The predicted octanol–water partition coefficient (Wildman–Crippen LogP) is -0.211. The molecule has 2 heterocycles. The summed E-state index contributed by atoms with van der Waals surface area (Å²) in [6, 6.07) is 8.50. The number of carbonyl (C=O) groups is 1. The smallest absolute Gasteiger partial charge is 0.242 e. The van der Waals surface area contributed by atoms with Crippen LogP contribution in [0.15, 0.2) is 24.3 Å². The van der Waals surface area contributed by atoms with Crippen molar-refractivity contribution in [1.29, 1.82) is 0 Å². The number of benzene rings is 1. The minimum absolute atomic E-state index is 0.0478. The fraction of sp³-hybridized carbons (Fsp3) is 0.529. The summed E-state index contributed by atoms with van der Waals surface area (Å²) in [7, 11) is 0. The van der Waals surface area contributed by atoms with Gasteiger partial charge in [-0.25, -0.2) is 4.68 Å². The molecule has 0 atom stereocenters. The Hall–Kier alpha value is -2.32. The topological polar surface area (TPSA) is 85.2 Å². The molecule has 2 aromatic rings. The van der Waals surface area contributed by atoms with Gasteiger partial charge >= 0.3 is 0 Å². The van der Waals surface area contributed by atoms with Gasteiger partial charge in [0.15, 0.2) is 5.82 Å². The van der Waals surface area contributed by atoms with Crippen molar-refractivity contribution in [3.8, 4) is 0 Å². The molecule has 0 radical (unpaired) electrons. The zero-order valence-corrected chi connectivity index (χ0v) is 14.1. The quantitative estimate of drug-likeness (QED) is 0.809. The van der Waals surface area contributed by atoms with E-state index < -0.39 is 0 Å². The lowest BCUT2D eigenvalue weighted by atomic mass is 10.1. The Bertz CT molecular complexity index is 715. The highest BCUT2D eigenvalue weighted by atomic mass is 16.5. The Balaban J connectivity index is 1.32. The largest absolute Gasteiger partial charge is 0.379 e. The number of carbonyl (C=O) groups excluding carboxylic acids is 1. The Morgan fingerprint density at radius 1 is 1.20 bits per heavy atom. The maximum absolute atomic E-state index is 12.4. The van der Waals surface area contributed by atoms with Crippen LogP contribution in [0.5, 0.6) is 0 Å². The lowest BCUT2D eigenvalue weighted by Gasteiger charge is -2.25. The second-order valence-corrected chi connectivity index (χ2v) is 6.58.